The second kappa shape index (κ2) is 10.4. The smallest absolute Gasteiger partial charge is 0.286 e. The van der Waals surface area contributed by atoms with Crippen LogP contribution in [0.1, 0.15) is 23.6 Å². The summed E-state index contributed by atoms with van der Waals surface area (Å²) in [6, 6.07) is 23.3. The van der Waals surface area contributed by atoms with Gasteiger partial charge in [-0.15, -0.1) is 0 Å². The van der Waals surface area contributed by atoms with Crippen LogP contribution in [-0.4, -0.2) is 40.7 Å². The minimum absolute atomic E-state index is 0.409. The molecule has 0 N–H and O–H groups in total. The first-order valence-corrected chi connectivity index (χ1v) is 12.5. The lowest BCUT2D eigenvalue weighted by Crippen LogP contribution is -2.27. The molecular weight excluding hydrogens is 453 g/mol. The van der Waals surface area contributed by atoms with Gasteiger partial charge in [0.2, 0.25) is 0 Å². The number of aromatic nitrogens is 2. The number of nitrogens with zero attached hydrogens (tertiary/aromatic N) is 4. The first kappa shape index (κ1) is 24.0. The zero-order chi connectivity index (χ0) is 24.2. The Hall–Kier alpha value is -3.17. The molecule has 174 valence electrons. The largest absolute Gasteiger partial charge is 0.594 e. The van der Waals surface area contributed by atoms with Crippen molar-refractivity contribution in [2.75, 3.05) is 10.5 Å². The van der Waals surface area contributed by atoms with Gasteiger partial charge in [0.1, 0.15) is 12.8 Å². The Morgan fingerprint density at radius 3 is 2.15 bits per heavy atom. The average molecular weight is 478 g/mol. The minimum atomic E-state index is -2.60. The quantitative estimate of drug-likeness (QED) is 0.210. The highest BCUT2D eigenvalue weighted by atomic mass is 32.2. The summed E-state index contributed by atoms with van der Waals surface area (Å²) in [4.78, 5) is 5.00. The van der Waals surface area contributed by atoms with E-state index in [0.717, 1.165) is 22.4 Å². The molecule has 0 amide bonds. The third-order valence-electron chi connectivity index (χ3n) is 5.64. The molecule has 1 unspecified atom stereocenters. The zero-order valence-electron chi connectivity index (χ0n) is 19.3. The van der Waals surface area contributed by atoms with Crippen LogP contribution in [0.25, 0.3) is 10.9 Å². The lowest BCUT2D eigenvalue weighted by atomic mass is 10.0. The number of alkyl halides is 2. The Bertz CT molecular complexity index is 1260. The van der Waals surface area contributed by atoms with Crippen LogP contribution in [0.15, 0.2) is 77.8 Å². The Kier molecular flexibility index (Phi) is 7.33. The van der Waals surface area contributed by atoms with Crippen molar-refractivity contribution < 1.29 is 13.3 Å². The van der Waals surface area contributed by atoms with Gasteiger partial charge in [-0.1, -0.05) is 73.7 Å². The van der Waals surface area contributed by atoms with Crippen molar-refractivity contribution in [2.24, 2.45) is 4.99 Å². The number of hydrogen-bond donors (Lipinski definition) is 0. The molecule has 1 aromatic heterocycles. The van der Waals surface area contributed by atoms with E-state index in [1.807, 2.05) is 79.7 Å². The second-order valence-corrected chi connectivity index (χ2v) is 9.23. The molecule has 1 heterocycles. The summed E-state index contributed by atoms with van der Waals surface area (Å²) in [6.45, 7) is 1.41. The van der Waals surface area contributed by atoms with E-state index in [9.17, 15) is 13.3 Å². The van der Waals surface area contributed by atoms with Crippen LogP contribution in [0.5, 0.6) is 0 Å². The number of fused-ring (bicyclic) bond motifs is 1. The van der Waals surface area contributed by atoms with Crippen molar-refractivity contribution in [3.8, 4) is 0 Å². The van der Waals surface area contributed by atoms with Crippen molar-refractivity contribution >= 4 is 47.5 Å². The third kappa shape index (κ3) is 4.86. The molecule has 34 heavy (non-hydrogen) atoms. The topological polar surface area (TPSA) is 56.5 Å². The van der Waals surface area contributed by atoms with E-state index in [2.05, 4.69) is 5.10 Å². The Labute approximate surface area is 201 Å². The molecule has 3 aromatic carbocycles. The van der Waals surface area contributed by atoms with Gasteiger partial charge in [-0.25, -0.2) is 18.0 Å². The summed E-state index contributed by atoms with van der Waals surface area (Å²) in [6.07, 6.45) is -0.394. The van der Waals surface area contributed by atoms with Crippen molar-refractivity contribution in [3.63, 3.8) is 0 Å². The highest BCUT2D eigenvalue weighted by Crippen LogP contribution is 2.37. The first-order chi connectivity index (χ1) is 16.4. The van der Waals surface area contributed by atoms with Crippen LogP contribution in [0.2, 0.25) is 0 Å². The van der Waals surface area contributed by atoms with Gasteiger partial charge < -0.3 is 4.55 Å². The molecule has 0 aliphatic carbocycles. The Balaban J connectivity index is 2.04. The number of anilines is 1. The lowest BCUT2D eigenvalue weighted by molar-refractivity contribution is 0.123. The summed E-state index contributed by atoms with van der Waals surface area (Å²) in [5, 5.41) is 5.17. The van der Waals surface area contributed by atoms with Crippen LogP contribution in [-0.2, 0) is 24.3 Å². The number of halogens is 2. The molecular formula is C25H25BF2N4OS. The summed E-state index contributed by atoms with van der Waals surface area (Å²) in [7, 11) is 1.65. The van der Waals surface area contributed by atoms with E-state index in [4.69, 9.17) is 4.99 Å². The Morgan fingerprint density at radius 1 is 1.06 bits per heavy atom. The fourth-order valence-electron chi connectivity index (χ4n) is 3.95. The Morgan fingerprint density at radius 2 is 1.65 bits per heavy atom. The fraction of sp³-hybridized carbons (Fsp3) is 0.200. The molecule has 9 heteroatoms. The normalized spacial score (nSPS) is 12.2. The standard InChI is InChI=1S/C25H25BF2N4OS/c1-3-17-14-15-20(24-22(17)25(32(26)34(2)33)30-31(24)16-21(27)28)29-23(18-10-6-4-7-11-18)19-12-8-5-9-13-19/h4-15,21H,3,16,26H2,1-2H3. The van der Waals surface area contributed by atoms with Gasteiger partial charge in [-0.3, -0.25) is 4.68 Å². The predicted octanol–water partition coefficient (Wildman–Crippen LogP) is 4.68. The van der Waals surface area contributed by atoms with Crippen LogP contribution in [0.3, 0.4) is 0 Å². The summed E-state index contributed by atoms with van der Waals surface area (Å²) in [5.74, 6) is 0.409. The summed E-state index contributed by atoms with van der Waals surface area (Å²) >= 11 is -1.37. The highest BCUT2D eigenvalue weighted by molar-refractivity contribution is 7.93. The van der Waals surface area contributed by atoms with E-state index >= 15 is 0 Å². The van der Waals surface area contributed by atoms with Crippen LogP contribution in [0.4, 0.5) is 20.3 Å². The van der Waals surface area contributed by atoms with Gasteiger partial charge in [0.15, 0.2) is 5.82 Å². The van der Waals surface area contributed by atoms with E-state index in [1.54, 1.807) is 7.98 Å². The number of aliphatic imine (C=N–C) groups is 1. The molecule has 0 spiro atoms. The average Bonchev–Trinajstić information content (AvgIpc) is 3.22. The number of rotatable bonds is 8. The lowest BCUT2D eigenvalue weighted by Gasteiger charge is -2.18. The SMILES string of the molecule is BN(c1nn(CC(F)F)c2c(N=C(c3ccccc3)c3ccccc3)ccc(CC)c12)[S+](C)[O-]. The molecule has 0 radical (unpaired) electrons. The molecule has 0 bridgehead atoms. The van der Waals surface area contributed by atoms with Gasteiger partial charge >= 0.3 is 0 Å². The molecule has 0 saturated heterocycles. The molecule has 0 fully saturated rings. The number of benzene rings is 3. The van der Waals surface area contributed by atoms with Crippen LogP contribution < -0.4 is 4.22 Å². The molecule has 1 atom stereocenters. The predicted molar refractivity (Wildman–Crippen MR) is 138 cm³/mol. The van der Waals surface area contributed by atoms with Gasteiger partial charge in [-0.2, -0.15) is 5.10 Å². The highest BCUT2D eigenvalue weighted by Gasteiger charge is 2.25. The van der Waals surface area contributed by atoms with Gasteiger partial charge in [0.05, 0.1) is 33.7 Å². The van der Waals surface area contributed by atoms with E-state index in [1.165, 1.54) is 15.2 Å². The molecule has 5 nitrogen and oxygen atoms in total. The minimum Gasteiger partial charge on any atom is -0.594 e. The van der Waals surface area contributed by atoms with E-state index in [0.29, 0.717) is 28.8 Å². The third-order valence-corrected chi connectivity index (χ3v) is 6.59. The number of hydrogen-bond acceptors (Lipinski definition) is 4. The van der Waals surface area contributed by atoms with Gasteiger partial charge in [0.25, 0.3) is 14.4 Å². The summed E-state index contributed by atoms with van der Waals surface area (Å²) in [5.41, 5.74) is 4.52. The fourth-order valence-corrected chi connectivity index (χ4v) is 4.32. The molecule has 0 aliphatic heterocycles. The van der Waals surface area contributed by atoms with Gasteiger partial charge in [-0.05, 0) is 18.1 Å². The van der Waals surface area contributed by atoms with Crippen molar-refractivity contribution in [1.29, 1.82) is 0 Å². The van der Waals surface area contributed by atoms with Gasteiger partial charge in [0, 0.05) is 11.1 Å². The van der Waals surface area contributed by atoms with Crippen molar-refractivity contribution in [1.82, 2.24) is 9.78 Å². The molecule has 0 saturated carbocycles. The monoisotopic (exact) mass is 478 g/mol. The molecule has 0 aliphatic rings. The molecule has 4 aromatic rings. The van der Waals surface area contributed by atoms with Crippen LogP contribution >= 0.6 is 0 Å². The van der Waals surface area contributed by atoms with Crippen molar-refractivity contribution in [2.45, 2.75) is 26.3 Å². The van der Waals surface area contributed by atoms with E-state index in [-0.39, 0.29) is 0 Å². The number of aryl methyl sites for hydroxylation is 1. The van der Waals surface area contributed by atoms with E-state index < -0.39 is 24.3 Å². The maximum absolute atomic E-state index is 13.6. The molecule has 4 rings (SSSR count). The van der Waals surface area contributed by atoms with Crippen LogP contribution in [0, 0.1) is 0 Å². The maximum atomic E-state index is 13.6. The first-order valence-electron chi connectivity index (χ1n) is 11.0. The second-order valence-electron chi connectivity index (χ2n) is 7.83. The zero-order valence-corrected chi connectivity index (χ0v) is 20.1. The maximum Gasteiger partial charge on any atom is 0.286 e. The van der Waals surface area contributed by atoms with Crippen molar-refractivity contribution in [3.05, 3.63) is 89.5 Å². The summed E-state index contributed by atoms with van der Waals surface area (Å²) < 4.78 is 42.2.